The molecule has 6 nitrogen and oxygen atoms in total. The molecule has 164 valence electrons. The number of amides is 2. The maximum absolute atomic E-state index is 13.0. The third-order valence-corrected chi connectivity index (χ3v) is 5.31. The standard InChI is InChI=1S/C22H14ClF3N2O4/c23-16-5-4-12(29)9-15(16)19-18-14(21(32)28-19)2-1-3-17(18)27-20(31)10-6-11(22(24,25)26)8-13(30)7-10/h1-9,19,29-30H,(H,27,31)(H,28,32). The molecule has 32 heavy (non-hydrogen) atoms. The van der Waals surface area contributed by atoms with Gasteiger partial charge in [-0.25, -0.2) is 0 Å². The molecular weight excluding hydrogens is 449 g/mol. The summed E-state index contributed by atoms with van der Waals surface area (Å²) >= 11 is 6.24. The summed E-state index contributed by atoms with van der Waals surface area (Å²) < 4.78 is 39.1. The Balaban J connectivity index is 1.75. The van der Waals surface area contributed by atoms with E-state index in [1.165, 1.54) is 36.4 Å². The molecule has 0 aliphatic carbocycles. The summed E-state index contributed by atoms with van der Waals surface area (Å²) in [5.74, 6) is -2.17. The zero-order chi connectivity index (χ0) is 23.2. The van der Waals surface area contributed by atoms with Gasteiger partial charge >= 0.3 is 6.18 Å². The van der Waals surface area contributed by atoms with E-state index in [0.717, 1.165) is 6.07 Å². The second-order valence-corrected chi connectivity index (χ2v) is 7.51. The molecule has 0 spiro atoms. The molecular formula is C22H14ClF3N2O4. The highest BCUT2D eigenvalue weighted by Crippen LogP contribution is 2.40. The van der Waals surface area contributed by atoms with E-state index < -0.39 is 40.9 Å². The number of rotatable bonds is 3. The lowest BCUT2D eigenvalue weighted by Crippen LogP contribution is -2.21. The first-order valence-corrected chi connectivity index (χ1v) is 9.57. The Morgan fingerprint density at radius 3 is 2.50 bits per heavy atom. The summed E-state index contributed by atoms with van der Waals surface area (Å²) in [6.07, 6.45) is -4.75. The minimum atomic E-state index is -4.75. The Labute approximate surface area is 184 Å². The highest BCUT2D eigenvalue weighted by Gasteiger charge is 2.35. The van der Waals surface area contributed by atoms with Crippen molar-refractivity contribution in [2.75, 3.05) is 5.32 Å². The minimum absolute atomic E-state index is 0.0898. The van der Waals surface area contributed by atoms with Crippen LogP contribution in [0.5, 0.6) is 11.5 Å². The van der Waals surface area contributed by atoms with Gasteiger partial charge in [-0.1, -0.05) is 17.7 Å². The summed E-state index contributed by atoms with van der Waals surface area (Å²) in [6, 6.07) is 9.91. The first-order chi connectivity index (χ1) is 15.0. The Morgan fingerprint density at radius 1 is 1.03 bits per heavy atom. The number of hydrogen-bond donors (Lipinski definition) is 4. The van der Waals surface area contributed by atoms with Crippen molar-refractivity contribution in [3.05, 3.63) is 87.4 Å². The number of nitrogens with one attached hydrogen (secondary N) is 2. The molecule has 1 aliphatic rings. The summed E-state index contributed by atoms with van der Waals surface area (Å²) in [7, 11) is 0. The van der Waals surface area contributed by atoms with E-state index in [1.807, 2.05) is 0 Å². The molecule has 0 aromatic heterocycles. The topological polar surface area (TPSA) is 98.7 Å². The van der Waals surface area contributed by atoms with Crippen LogP contribution in [-0.2, 0) is 6.18 Å². The first-order valence-electron chi connectivity index (χ1n) is 9.19. The van der Waals surface area contributed by atoms with Gasteiger partial charge in [0.2, 0.25) is 0 Å². The number of halogens is 4. The number of hydrogen-bond acceptors (Lipinski definition) is 4. The van der Waals surface area contributed by atoms with Gasteiger partial charge in [0.15, 0.2) is 0 Å². The van der Waals surface area contributed by atoms with Gasteiger partial charge in [-0.05, 0) is 48.5 Å². The fourth-order valence-electron chi connectivity index (χ4n) is 3.55. The lowest BCUT2D eigenvalue weighted by atomic mass is 9.96. The second-order valence-electron chi connectivity index (χ2n) is 7.10. The van der Waals surface area contributed by atoms with Crippen LogP contribution < -0.4 is 10.6 Å². The molecule has 0 fully saturated rings. The summed E-state index contributed by atoms with van der Waals surface area (Å²) in [4.78, 5) is 25.2. The van der Waals surface area contributed by atoms with Gasteiger partial charge in [0, 0.05) is 33.0 Å². The molecule has 3 aromatic carbocycles. The summed E-state index contributed by atoms with van der Waals surface area (Å²) in [5.41, 5.74) is -0.487. The van der Waals surface area contributed by atoms with E-state index in [-0.39, 0.29) is 22.0 Å². The number of carbonyl (C=O) groups excluding carboxylic acids is 2. The number of benzene rings is 3. The Bertz CT molecular complexity index is 1260. The second kappa shape index (κ2) is 7.76. The zero-order valence-corrected chi connectivity index (χ0v) is 16.8. The molecule has 10 heteroatoms. The molecule has 1 heterocycles. The first kappa shape index (κ1) is 21.5. The maximum atomic E-state index is 13.0. The minimum Gasteiger partial charge on any atom is -0.508 e. The zero-order valence-electron chi connectivity index (χ0n) is 16.0. The van der Waals surface area contributed by atoms with Gasteiger partial charge in [-0.2, -0.15) is 13.2 Å². The molecule has 1 atom stereocenters. The number of aromatic hydroxyl groups is 2. The van der Waals surface area contributed by atoms with Crippen LogP contribution in [0.4, 0.5) is 18.9 Å². The van der Waals surface area contributed by atoms with Gasteiger partial charge in [0.1, 0.15) is 11.5 Å². The van der Waals surface area contributed by atoms with Crippen molar-refractivity contribution in [2.45, 2.75) is 12.2 Å². The van der Waals surface area contributed by atoms with Crippen LogP contribution in [0.15, 0.2) is 54.6 Å². The molecule has 1 aliphatic heterocycles. The van der Waals surface area contributed by atoms with Crippen LogP contribution in [0.3, 0.4) is 0 Å². The quantitative estimate of drug-likeness (QED) is 0.447. The lowest BCUT2D eigenvalue weighted by Gasteiger charge is -2.18. The molecule has 3 aromatic rings. The molecule has 0 bridgehead atoms. The Morgan fingerprint density at radius 2 is 1.78 bits per heavy atom. The normalized spacial score (nSPS) is 15.2. The lowest BCUT2D eigenvalue weighted by molar-refractivity contribution is -0.137. The van der Waals surface area contributed by atoms with Gasteiger partial charge < -0.3 is 20.8 Å². The summed E-state index contributed by atoms with van der Waals surface area (Å²) in [5, 5.41) is 25.0. The van der Waals surface area contributed by atoms with Crippen molar-refractivity contribution in [2.24, 2.45) is 0 Å². The number of phenolic OH excluding ortho intramolecular Hbond substituents is 2. The fraction of sp³-hybridized carbons (Fsp3) is 0.0909. The van der Waals surface area contributed by atoms with E-state index in [9.17, 15) is 33.0 Å². The SMILES string of the molecule is O=C(Nc1cccc2c1C(c1cc(O)ccc1Cl)NC2=O)c1cc(O)cc(C(F)(F)F)c1. The number of alkyl halides is 3. The number of anilines is 1. The summed E-state index contributed by atoms with van der Waals surface area (Å²) in [6.45, 7) is 0. The molecule has 0 radical (unpaired) electrons. The van der Waals surface area contributed by atoms with Gasteiger partial charge in [0.25, 0.3) is 11.8 Å². The van der Waals surface area contributed by atoms with E-state index >= 15 is 0 Å². The van der Waals surface area contributed by atoms with Crippen LogP contribution in [0.25, 0.3) is 0 Å². The third-order valence-electron chi connectivity index (χ3n) is 4.96. The fourth-order valence-corrected chi connectivity index (χ4v) is 3.78. The van der Waals surface area contributed by atoms with Crippen LogP contribution in [-0.4, -0.2) is 22.0 Å². The van der Waals surface area contributed by atoms with Crippen molar-refractivity contribution in [3.8, 4) is 11.5 Å². The molecule has 0 saturated heterocycles. The van der Waals surface area contributed by atoms with Crippen LogP contribution in [0, 0.1) is 0 Å². The number of carbonyl (C=O) groups is 2. The number of phenols is 2. The maximum Gasteiger partial charge on any atom is 0.416 e. The van der Waals surface area contributed by atoms with Crippen molar-refractivity contribution >= 4 is 29.1 Å². The highest BCUT2D eigenvalue weighted by atomic mass is 35.5. The largest absolute Gasteiger partial charge is 0.508 e. The predicted octanol–water partition coefficient (Wildman–Crippen LogP) is 4.86. The van der Waals surface area contributed by atoms with E-state index in [4.69, 9.17) is 11.6 Å². The monoisotopic (exact) mass is 462 g/mol. The van der Waals surface area contributed by atoms with Gasteiger partial charge in [-0.3, -0.25) is 9.59 Å². The smallest absolute Gasteiger partial charge is 0.416 e. The Hall–Kier alpha value is -3.72. The van der Waals surface area contributed by atoms with Gasteiger partial charge in [0.05, 0.1) is 11.6 Å². The van der Waals surface area contributed by atoms with Crippen molar-refractivity contribution < 1.29 is 33.0 Å². The van der Waals surface area contributed by atoms with Crippen LogP contribution in [0.2, 0.25) is 5.02 Å². The molecule has 4 N–H and O–H groups in total. The third kappa shape index (κ3) is 3.94. The van der Waals surface area contributed by atoms with E-state index in [1.54, 1.807) is 0 Å². The predicted molar refractivity (Wildman–Crippen MR) is 110 cm³/mol. The Kier molecular flexibility index (Phi) is 5.21. The number of fused-ring (bicyclic) bond motifs is 1. The van der Waals surface area contributed by atoms with E-state index in [0.29, 0.717) is 23.3 Å². The molecule has 4 rings (SSSR count). The average molecular weight is 463 g/mol. The molecule has 0 saturated carbocycles. The van der Waals surface area contributed by atoms with Crippen LogP contribution >= 0.6 is 11.6 Å². The van der Waals surface area contributed by atoms with Gasteiger partial charge in [-0.15, -0.1) is 0 Å². The van der Waals surface area contributed by atoms with E-state index in [2.05, 4.69) is 10.6 Å². The van der Waals surface area contributed by atoms with Crippen molar-refractivity contribution in [1.82, 2.24) is 5.32 Å². The highest BCUT2D eigenvalue weighted by molar-refractivity contribution is 6.31. The molecule has 1 unspecified atom stereocenters. The average Bonchev–Trinajstić information content (AvgIpc) is 3.06. The van der Waals surface area contributed by atoms with Crippen molar-refractivity contribution in [3.63, 3.8) is 0 Å². The molecule has 2 amide bonds. The van der Waals surface area contributed by atoms with Crippen molar-refractivity contribution in [1.29, 1.82) is 0 Å². The van der Waals surface area contributed by atoms with Crippen LogP contribution in [0.1, 0.15) is 43.4 Å².